The Morgan fingerprint density at radius 1 is 1.30 bits per heavy atom. The molecule has 1 atom stereocenters. The van der Waals surface area contributed by atoms with Crippen molar-refractivity contribution in [2.75, 3.05) is 0 Å². The number of fused-ring (bicyclic) bond motifs is 1. The van der Waals surface area contributed by atoms with Crippen molar-refractivity contribution >= 4 is 23.2 Å². The maximum Gasteiger partial charge on any atom is 0.290 e. The van der Waals surface area contributed by atoms with Gasteiger partial charge in [-0.1, -0.05) is 6.92 Å². The summed E-state index contributed by atoms with van der Waals surface area (Å²) >= 11 is 1.47. The standard InChI is InChI=1S/C15H16N4O3S/c1-8-2-4-11-9(6-8)7-12(23-11)15(22)19-18-14(21)10-3-5-13(20)17-16-10/h3,5,7-8H,2,4,6H2,1H3,(H,17,20)(H,18,21)(H,19,22). The van der Waals surface area contributed by atoms with E-state index in [0.29, 0.717) is 10.8 Å². The lowest BCUT2D eigenvalue weighted by molar-refractivity contribution is 0.0845. The molecule has 0 bridgehead atoms. The molecule has 2 aromatic heterocycles. The Kier molecular flexibility index (Phi) is 4.24. The van der Waals surface area contributed by atoms with E-state index in [9.17, 15) is 14.4 Å². The van der Waals surface area contributed by atoms with Crippen LogP contribution in [0.25, 0.3) is 0 Å². The molecule has 1 aliphatic carbocycles. The molecule has 0 saturated heterocycles. The number of hydrazine groups is 1. The maximum absolute atomic E-state index is 12.1. The number of hydrogen-bond donors (Lipinski definition) is 3. The van der Waals surface area contributed by atoms with Gasteiger partial charge in [-0.15, -0.1) is 11.3 Å². The number of nitrogens with one attached hydrogen (secondary N) is 3. The summed E-state index contributed by atoms with van der Waals surface area (Å²) in [4.78, 5) is 36.7. The van der Waals surface area contributed by atoms with Crippen LogP contribution in [0.1, 0.15) is 43.9 Å². The van der Waals surface area contributed by atoms with Crippen LogP contribution in [0.3, 0.4) is 0 Å². The number of aryl methyl sites for hydroxylation is 1. The average molecular weight is 332 g/mol. The molecule has 0 aliphatic heterocycles. The largest absolute Gasteiger partial charge is 0.290 e. The summed E-state index contributed by atoms with van der Waals surface area (Å²) in [6.07, 6.45) is 3.14. The van der Waals surface area contributed by atoms with Crippen LogP contribution in [-0.4, -0.2) is 22.0 Å². The molecule has 1 aliphatic rings. The Morgan fingerprint density at radius 3 is 2.83 bits per heavy atom. The fraction of sp³-hybridized carbons (Fsp3) is 0.333. The number of thiophene rings is 1. The van der Waals surface area contributed by atoms with Crippen LogP contribution in [0, 0.1) is 5.92 Å². The highest BCUT2D eigenvalue weighted by atomic mass is 32.1. The van der Waals surface area contributed by atoms with Gasteiger partial charge in [0.25, 0.3) is 17.4 Å². The fourth-order valence-electron chi connectivity index (χ4n) is 2.53. The number of rotatable bonds is 2. The van der Waals surface area contributed by atoms with Crippen molar-refractivity contribution in [2.45, 2.75) is 26.2 Å². The molecular formula is C15H16N4O3S. The molecule has 0 spiro atoms. The normalized spacial score (nSPS) is 16.5. The summed E-state index contributed by atoms with van der Waals surface area (Å²) in [7, 11) is 0. The number of carbonyl (C=O) groups is 2. The van der Waals surface area contributed by atoms with E-state index < -0.39 is 11.5 Å². The quantitative estimate of drug-likeness (QED) is 0.715. The first-order valence-corrected chi connectivity index (χ1v) is 8.12. The molecule has 3 rings (SSSR count). The van der Waals surface area contributed by atoms with E-state index in [4.69, 9.17) is 0 Å². The number of H-pyrrole nitrogens is 1. The molecule has 2 heterocycles. The fourth-order valence-corrected chi connectivity index (χ4v) is 3.63. The van der Waals surface area contributed by atoms with E-state index in [1.165, 1.54) is 33.9 Å². The van der Waals surface area contributed by atoms with Crippen LogP contribution in [0.4, 0.5) is 0 Å². The second-order valence-electron chi connectivity index (χ2n) is 5.62. The monoisotopic (exact) mass is 332 g/mol. The van der Waals surface area contributed by atoms with Gasteiger partial charge in [-0.2, -0.15) is 5.10 Å². The minimum absolute atomic E-state index is 0.0178. The van der Waals surface area contributed by atoms with Gasteiger partial charge in [0.1, 0.15) is 0 Å². The number of nitrogens with zero attached hydrogens (tertiary/aromatic N) is 1. The summed E-state index contributed by atoms with van der Waals surface area (Å²) in [5.74, 6) is -0.307. The van der Waals surface area contributed by atoms with Crippen LogP contribution < -0.4 is 16.4 Å². The Bertz CT molecular complexity index is 791. The number of aromatic nitrogens is 2. The number of hydrogen-bond acceptors (Lipinski definition) is 5. The van der Waals surface area contributed by atoms with Crippen molar-refractivity contribution in [3.63, 3.8) is 0 Å². The predicted octanol–water partition coefficient (Wildman–Crippen LogP) is 1.03. The van der Waals surface area contributed by atoms with E-state index in [1.54, 1.807) is 0 Å². The maximum atomic E-state index is 12.1. The van der Waals surface area contributed by atoms with E-state index in [1.807, 2.05) is 6.07 Å². The van der Waals surface area contributed by atoms with Gasteiger partial charge < -0.3 is 0 Å². The Balaban J connectivity index is 1.62. The second kappa shape index (κ2) is 6.33. The zero-order chi connectivity index (χ0) is 16.4. The first-order valence-electron chi connectivity index (χ1n) is 7.31. The zero-order valence-electron chi connectivity index (χ0n) is 12.5. The highest BCUT2D eigenvalue weighted by Gasteiger charge is 2.21. The number of carbonyl (C=O) groups excluding carboxylic acids is 2. The molecule has 120 valence electrons. The molecule has 0 saturated carbocycles. The van der Waals surface area contributed by atoms with Crippen LogP contribution in [0.5, 0.6) is 0 Å². The molecule has 0 aromatic carbocycles. The van der Waals surface area contributed by atoms with Crippen molar-refractivity contribution in [1.82, 2.24) is 21.0 Å². The lowest BCUT2D eigenvalue weighted by atomic mass is 9.90. The van der Waals surface area contributed by atoms with E-state index in [2.05, 4.69) is 28.0 Å². The highest BCUT2D eigenvalue weighted by molar-refractivity contribution is 7.14. The van der Waals surface area contributed by atoms with Gasteiger partial charge in [0.15, 0.2) is 5.69 Å². The van der Waals surface area contributed by atoms with Gasteiger partial charge in [0, 0.05) is 10.9 Å². The van der Waals surface area contributed by atoms with E-state index in [0.717, 1.165) is 19.3 Å². The SMILES string of the molecule is CC1CCc2sc(C(=O)NNC(=O)c3ccc(=O)[nH]n3)cc2C1. The molecule has 1 unspecified atom stereocenters. The minimum atomic E-state index is -0.593. The van der Waals surface area contributed by atoms with Crippen molar-refractivity contribution < 1.29 is 9.59 Å². The molecule has 0 radical (unpaired) electrons. The predicted molar refractivity (Wildman–Crippen MR) is 85.3 cm³/mol. The Morgan fingerprint density at radius 2 is 2.09 bits per heavy atom. The zero-order valence-corrected chi connectivity index (χ0v) is 13.3. The molecule has 2 amide bonds. The molecule has 2 aromatic rings. The van der Waals surface area contributed by atoms with Crippen LogP contribution in [-0.2, 0) is 12.8 Å². The van der Waals surface area contributed by atoms with Crippen molar-refractivity contribution in [3.8, 4) is 0 Å². The summed E-state index contributed by atoms with van der Waals surface area (Å²) in [6, 6.07) is 4.37. The van der Waals surface area contributed by atoms with Crippen LogP contribution in [0.15, 0.2) is 23.0 Å². The lowest BCUT2D eigenvalue weighted by Gasteiger charge is -2.16. The van der Waals surface area contributed by atoms with Crippen LogP contribution in [0.2, 0.25) is 0 Å². The first-order chi connectivity index (χ1) is 11.0. The highest BCUT2D eigenvalue weighted by Crippen LogP contribution is 2.32. The van der Waals surface area contributed by atoms with Gasteiger partial charge in [-0.05, 0) is 42.9 Å². The first kappa shape index (κ1) is 15.4. The third-order valence-corrected chi connectivity index (χ3v) is 4.99. The summed E-state index contributed by atoms with van der Waals surface area (Å²) < 4.78 is 0. The second-order valence-corrected chi connectivity index (χ2v) is 6.76. The molecule has 8 heteroatoms. The van der Waals surface area contributed by atoms with Crippen molar-refractivity contribution in [3.05, 3.63) is 49.6 Å². The van der Waals surface area contributed by atoms with Crippen LogP contribution >= 0.6 is 11.3 Å². The number of amides is 2. The smallest absolute Gasteiger partial charge is 0.268 e. The third kappa shape index (κ3) is 3.48. The third-order valence-electron chi connectivity index (χ3n) is 3.75. The van der Waals surface area contributed by atoms with Gasteiger partial charge >= 0.3 is 0 Å². The van der Waals surface area contributed by atoms with Crippen molar-refractivity contribution in [2.24, 2.45) is 5.92 Å². The van der Waals surface area contributed by atoms with E-state index in [-0.39, 0.29) is 11.6 Å². The van der Waals surface area contributed by atoms with E-state index >= 15 is 0 Å². The molecule has 3 N–H and O–H groups in total. The topological polar surface area (TPSA) is 104 Å². The lowest BCUT2D eigenvalue weighted by Crippen LogP contribution is -2.41. The molecule has 23 heavy (non-hydrogen) atoms. The molecule has 7 nitrogen and oxygen atoms in total. The summed E-state index contributed by atoms with van der Waals surface area (Å²) in [5.41, 5.74) is 5.51. The van der Waals surface area contributed by atoms with Gasteiger partial charge in [-0.25, -0.2) is 5.10 Å². The molecular weight excluding hydrogens is 316 g/mol. The Hall–Kier alpha value is -2.48. The summed E-state index contributed by atoms with van der Waals surface area (Å²) in [6.45, 7) is 2.21. The Labute approximate surface area is 136 Å². The minimum Gasteiger partial charge on any atom is -0.268 e. The summed E-state index contributed by atoms with van der Waals surface area (Å²) in [5, 5.41) is 5.75. The van der Waals surface area contributed by atoms with Gasteiger partial charge in [-0.3, -0.25) is 25.2 Å². The molecule has 0 fully saturated rings. The average Bonchev–Trinajstić information content (AvgIpc) is 2.96. The van der Waals surface area contributed by atoms with Gasteiger partial charge in [0.05, 0.1) is 4.88 Å². The van der Waals surface area contributed by atoms with Crippen molar-refractivity contribution in [1.29, 1.82) is 0 Å². The number of aromatic amines is 1. The van der Waals surface area contributed by atoms with Gasteiger partial charge in [0.2, 0.25) is 0 Å².